The van der Waals surface area contributed by atoms with Gasteiger partial charge in [-0.1, -0.05) is 0 Å². The van der Waals surface area contributed by atoms with Crippen LogP contribution in [-0.2, 0) is 0 Å². The summed E-state index contributed by atoms with van der Waals surface area (Å²) in [5.41, 5.74) is 11.4. The Bertz CT molecular complexity index is 280. The summed E-state index contributed by atoms with van der Waals surface area (Å²) >= 11 is 0. The van der Waals surface area contributed by atoms with Crippen LogP contribution in [0.25, 0.3) is 0 Å². The minimum absolute atomic E-state index is 0.301. The van der Waals surface area contributed by atoms with E-state index in [4.69, 9.17) is 11.5 Å². The van der Waals surface area contributed by atoms with Crippen LogP contribution in [0.15, 0.2) is 22.4 Å². The van der Waals surface area contributed by atoms with E-state index in [0.29, 0.717) is 17.3 Å². The zero-order valence-corrected chi connectivity index (χ0v) is 6.15. The minimum Gasteiger partial charge on any atom is -0.384 e. The molecule has 5 nitrogen and oxygen atoms in total. The molecule has 0 fully saturated rings. The predicted molar refractivity (Wildman–Crippen MR) is 43.5 cm³/mol. The molecule has 0 spiro atoms. The molecular formula is C6H9N5. The van der Waals surface area contributed by atoms with Crippen molar-refractivity contribution in [2.45, 2.75) is 0 Å². The van der Waals surface area contributed by atoms with Crippen LogP contribution in [0.2, 0.25) is 0 Å². The van der Waals surface area contributed by atoms with E-state index in [1.54, 1.807) is 19.2 Å². The number of pyridine rings is 1. The molecule has 0 radical (unpaired) electrons. The second-order valence-corrected chi connectivity index (χ2v) is 1.94. The number of azo groups is 1. The van der Waals surface area contributed by atoms with E-state index < -0.39 is 0 Å². The van der Waals surface area contributed by atoms with Crippen LogP contribution < -0.4 is 11.5 Å². The Balaban J connectivity index is 3.09. The average molecular weight is 151 g/mol. The van der Waals surface area contributed by atoms with E-state index in [1.807, 2.05) is 0 Å². The average Bonchev–Trinajstić information content (AvgIpc) is 1.95. The standard InChI is InChI=1S/C6H9N5/c1-9-11-4-2-3-5(7)10-6(4)8/h2-3H,1H3,(H4,7,8,10)/b11-9+. The van der Waals surface area contributed by atoms with Crippen molar-refractivity contribution >= 4 is 17.3 Å². The molecule has 1 aromatic rings. The molecule has 1 heterocycles. The molecule has 0 amide bonds. The maximum atomic E-state index is 5.46. The lowest BCUT2D eigenvalue weighted by Crippen LogP contribution is -1.95. The Kier molecular flexibility index (Phi) is 2.00. The fourth-order valence-electron chi connectivity index (χ4n) is 0.676. The summed E-state index contributed by atoms with van der Waals surface area (Å²) in [7, 11) is 1.57. The molecule has 0 aliphatic carbocycles. The van der Waals surface area contributed by atoms with Gasteiger partial charge in [-0.2, -0.15) is 10.2 Å². The summed E-state index contributed by atoms with van der Waals surface area (Å²) in [5.74, 6) is 0.688. The first-order valence-electron chi connectivity index (χ1n) is 3.06. The Morgan fingerprint density at radius 2 is 2.09 bits per heavy atom. The van der Waals surface area contributed by atoms with E-state index in [9.17, 15) is 0 Å². The first-order chi connectivity index (χ1) is 5.24. The smallest absolute Gasteiger partial charge is 0.153 e. The third-order valence-corrected chi connectivity index (χ3v) is 1.13. The van der Waals surface area contributed by atoms with Gasteiger partial charge in [0.05, 0.1) is 0 Å². The quantitative estimate of drug-likeness (QED) is 0.585. The highest BCUT2D eigenvalue weighted by Crippen LogP contribution is 2.20. The van der Waals surface area contributed by atoms with Crippen LogP contribution >= 0.6 is 0 Å². The van der Waals surface area contributed by atoms with Gasteiger partial charge in [0.2, 0.25) is 0 Å². The van der Waals surface area contributed by atoms with E-state index in [-0.39, 0.29) is 0 Å². The van der Waals surface area contributed by atoms with Gasteiger partial charge in [0.1, 0.15) is 11.5 Å². The number of nitrogen functional groups attached to an aromatic ring is 2. The normalized spacial score (nSPS) is 10.6. The second kappa shape index (κ2) is 2.96. The molecule has 0 aliphatic heterocycles. The lowest BCUT2D eigenvalue weighted by Gasteiger charge is -1.97. The predicted octanol–water partition coefficient (Wildman–Crippen LogP) is 0.960. The molecule has 58 valence electrons. The largest absolute Gasteiger partial charge is 0.384 e. The summed E-state index contributed by atoms with van der Waals surface area (Å²) in [6.45, 7) is 0. The van der Waals surface area contributed by atoms with Crippen molar-refractivity contribution in [1.82, 2.24) is 4.98 Å². The molecule has 4 N–H and O–H groups in total. The summed E-state index contributed by atoms with van der Waals surface area (Å²) < 4.78 is 0. The molecule has 0 atom stereocenters. The first kappa shape index (κ1) is 7.46. The van der Waals surface area contributed by atoms with Crippen LogP contribution in [0.1, 0.15) is 0 Å². The van der Waals surface area contributed by atoms with E-state index in [0.717, 1.165) is 0 Å². The van der Waals surface area contributed by atoms with E-state index in [1.165, 1.54) is 0 Å². The Morgan fingerprint density at radius 3 is 2.64 bits per heavy atom. The van der Waals surface area contributed by atoms with Gasteiger partial charge in [0, 0.05) is 7.05 Å². The molecule has 0 saturated heterocycles. The topological polar surface area (TPSA) is 89.6 Å². The number of nitrogens with two attached hydrogens (primary N) is 2. The SMILES string of the molecule is C/N=N/c1ccc(N)nc1N. The number of hydrogen-bond donors (Lipinski definition) is 2. The van der Waals surface area contributed by atoms with Crippen LogP contribution in [0.3, 0.4) is 0 Å². The van der Waals surface area contributed by atoms with Crippen molar-refractivity contribution in [3.05, 3.63) is 12.1 Å². The molecule has 0 bridgehead atoms. The van der Waals surface area contributed by atoms with Crippen molar-refractivity contribution in [3.63, 3.8) is 0 Å². The zero-order chi connectivity index (χ0) is 8.27. The maximum Gasteiger partial charge on any atom is 0.153 e. The number of anilines is 2. The van der Waals surface area contributed by atoms with Gasteiger partial charge < -0.3 is 11.5 Å². The molecular weight excluding hydrogens is 142 g/mol. The summed E-state index contributed by atoms with van der Waals surface area (Å²) in [6, 6.07) is 3.30. The number of hydrogen-bond acceptors (Lipinski definition) is 5. The Labute approximate surface area is 64.1 Å². The first-order valence-corrected chi connectivity index (χ1v) is 3.06. The van der Waals surface area contributed by atoms with Crippen molar-refractivity contribution in [3.8, 4) is 0 Å². The van der Waals surface area contributed by atoms with Crippen molar-refractivity contribution in [2.75, 3.05) is 18.5 Å². The van der Waals surface area contributed by atoms with Crippen LogP contribution in [-0.4, -0.2) is 12.0 Å². The zero-order valence-electron chi connectivity index (χ0n) is 6.15. The number of aromatic nitrogens is 1. The number of nitrogens with zero attached hydrogens (tertiary/aromatic N) is 3. The summed E-state index contributed by atoms with van der Waals surface area (Å²) in [6.07, 6.45) is 0. The molecule has 0 aromatic carbocycles. The van der Waals surface area contributed by atoms with Crippen molar-refractivity contribution in [2.24, 2.45) is 10.2 Å². The molecule has 11 heavy (non-hydrogen) atoms. The second-order valence-electron chi connectivity index (χ2n) is 1.94. The van der Waals surface area contributed by atoms with E-state index >= 15 is 0 Å². The Morgan fingerprint density at radius 1 is 1.36 bits per heavy atom. The van der Waals surface area contributed by atoms with Crippen molar-refractivity contribution < 1.29 is 0 Å². The molecule has 0 aliphatic rings. The Hall–Kier alpha value is -1.65. The molecule has 5 heteroatoms. The van der Waals surface area contributed by atoms with Crippen LogP contribution in [0, 0.1) is 0 Å². The van der Waals surface area contributed by atoms with Crippen molar-refractivity contribution in [1.29, 1.82) is 0 Å². The minimum atomic E-state index is 0.301. The molecule has 0 saturated carbocycles. The molecule has 1 rings (SSSR count). The fourth-order valence-corrected chi connectivity index (χ4v) is 0.676. The lowest BCUT2D eigenvalue weighted by atomic mass is 10.4. The number of rotatable bonds is 1. The highest BCUT2D eigenvalue weighted by atomic mass is 15.1. The molecule has 0 unspecified atom stereocenters. The van der Waals surface area contributed by atoms with E-state index in [2.05, 4.69) is 15.2 Å². The maximum absolute atomic E-state index is 5.46. The summed E-state index contributed by atoms with van der Waals surface area (Å²) in [5, 5.41) is 7.29. The highest BCUT2D eigenvalue weighted by molar-refractivity contribution is 5.59. The van der Waals surface area contributed by atoms with Gasteiger partial charge in [0.15, 0.2) is 5.82 Å². The third-order valence-electron chi connectivity index (χ3n) is 1.13. The monoisotopic (exact) mass is 151 g/mol. The fraction of sp³-hybridized carbons (Fsp3) is 0.167. The van der Waals surface area contributed by atoms with Gasteiger partial charge in [0.25, 0.3) is 0 Å². The lowest BCUT2D eigenvalue weighted by molar-refractivity contribution is 1.15. The third kappa shape index (κ3) is 1.64. The van der Waals surface area contributed by atoms with Gasteiger partial charge in [-0.05, 0) is 12.1 Å². The summed E-state index contributed by atoms with van der Waals surface area (Å²) in [4.78, 5) is 3.79. The van der Waals surface area contributed by atoms with Gasteiger partial charge in [-0.25, -0.2) is 4.98 Å². The van der Waals surface area contributed by atoms with Crippen LogP contribution in [0.4, 0.5) is 17.3 Å². The molecule has 1 aromatic heterocycles. The highest BCUT2D eigenvalue weighted by Gasteiger charge is 1.97. The van der Waals surface area contributed by atoms with Crippen LogP contribution in [0.5, 0.6) is 0 Å². The van der Waals surface area contributed by atoms with Gasteiger partial charge >= 0.3 is 0 Å². The van der Waals surface area contributed by atoms with Gasteiger partial charge in [-0.3, -0.25) is 0 Å². The van der Waals surface area contributed by atoms with Gasteiger partial charge in [-0.15, -0.1) is 0 Å².